The number of hydrogen-bond acceptors (Lipinski definition) is 3. The van der Waals surface area contributed by atoms with Crippen molar-refractivity contribution >= 4 is 5.91 Å². The fourth-order valence-electron chi connectivity index (χ4n) is 2.72. The van der Waals surface area contributed by atoms with E-state index in [2.05, 4.69) is 5.32 Å². The quantitative estimate of drug-likeness (QED) is 0.888. The number of nitrogens with one attached hydrogen (secondary N) is 1. The van der Waals surface area contributed by atoms with Gasteiger partial charge in [-0.05, 0) is 25.0 Å². The van der Waals surface area contributed by atoms with Crippen molar-refractivity contribution in [3.05, 3.63) is 24.3 Å². The van der Waals surface area contributed by atoms with Crippen LogP contribution in [0, 0.1) is 0 Å². The summed E-state index contributed by atoms with van der Waals surface area (Å²) in [7, 11) is 0. The van der Waals surface area contributed by atoms with Crippen LogP contribution in [0.2, 0.25) is 0 Å². The number of amides is 1. The van der Waals surface area contributed by atoms with Gasteiger partial charge in [-0.25, -0.2) is 0 Å². The van der Waals surface area contributed by atoms with E-state index < -0.39 is 0 Å². The number of carbonyl (C=O) groups is 1. The highest BCUT2D eigenvalue weighted by Gasteiger charge is 2.25. The Balaban J connectivity index is 1.61. The maximum absolute atomic E-state index is 11.6. The van der Waals surface area contributed by atoms with E-state index in [1.807, 2.05) is 24.3 Å². The van der Waals surface area contributed by atoms with Gasteiger partial charge in [0.15, 0.2) is 11.5 Å². The van der Waals surface area contributed by atoms with Gasteiger partial charge in [-0.3, -0.25) is 4.79 Å². The Hall–Kier alpha value is -1.71. The maximum atomic E-state index is 11.6. The molecule has 2 aliphatic rings. The molecular weight excluding hydrogens is 242 g/mol. The van der Waals surface area contributed by atoms with Crippen LogP contribution in [-0.2, 0) is 4.79 Å². The van der Waals surface area contributed by atoms with E-state index in [0.717, 1.165) is 37.2 Å². The number of para-hydroxylation sites is 2. The fourth-order valence-corrected chi connectivity index (χ4v) is 2.72. The minimum atomic E-state index is 0.0262. The van der Waals surface area contributed by atoms with Gasteiger partial charge in [-0.15, -0.1) is 0 Å². The van der Waals surface area contributed by atoms with Gasteiger partial charge < -0.3 is 14.8 Å². The Morgan fingerprint density at radius 1 is 1.21 bits per heavy atom. The predicted molar refractivity (Wildman–Crippen MR) is 71.4 cm³/mol. The molecule has 1 saturated heterocycles. The fraction of sp³-hybridized carbons (Fsp3) is 0.533. The highest BCUT2D eigenvalue weighted by atomic mass is 16.6. The van der Waals surface area contributed by atoms with E-state index in [4.69, 9.17) is 9.47 Å². The highest BCUT2D eigenvalue weighted by Crippen LogP contribution is 2.32. The first-order chi connectivity index (χ1) is 9.31. The molecule has 0 bridgehead atoms. The van der Waals surface area contributed by atoms with E-state index in [1.54, 1.807) is 0 Å². The molecule has 19 heavy (non-hydrogen) atoms. The molecule has 0 saturated carbocycles. The van der Waals surface area contributed by atoms with E-state index >= 15 is 0 Å². The lowest BCUT2D eigenvalue weighted by atomic mass is 10.0. The van der Waals surface area contributed by atoms with Gasteiger partial charge in [0.2, 0.25) is 5.91 Å². The Kier molecular flexibility index (Phi) is 3.58. The molecule has 1 amide bonds. The molecule has 1 N–H and O–H groups in total. The molecule has 0 aliphatic carbocycles. The van der Waals surface area contributed by atoms with Crippen molar-refractivity contribution in [2.75, 3.05) is 6.61 Å². The number of carbonyl (C=O) groups excluding carboxylic acids is 1. The van der Waals surface area contributed by atoms with Crippen molar-refractivity contribution in [1.82, 2.24) is 5.32 Å². The van der Waals surface area contributed by atoms with Crippen LogP contribution in [0.1, 0.15) is 32.1 Å². The summed E-state index contributed by atoms with van der Waals surface area (Å²) in [6, 6.07) is 7.94. The van der Waals surface area contributed by atoms with E-state index in [1.165, 1.54) is 0 Å². The molecule has 4 heteroatoms. The van der Waals surface area contributed by atoms with E-state index in [0.29, 0.717) is 13.0 Å². The normalized spacial score (nSPS) is 26.4. The van der Waals surface area contributed by atoms with Crippen LogP contribution in [0.15, 0.2) is 24.3 Å². The minimum absolute atomic E-state index is 0.0262. The van der Waals surface area contributed by atoms with Crippen LogP contribution < -0.4 is 14.8 Å². The van der Waals surface area contributed by atoms with Crippen molar-refractivity contribution in [1.29, 1.82) is 0 Å². The third-order valence-electron chi connectivity index (χ3n) is 3.69. The molecule has 102 valence electrons. The first-order valence-electron chi connectivity index (χ1n) is 6.99. The van der Waals surface area contributed by atoms with Crippen molar-refractivity contribution in [3.8, 4) is 11.5 Å². The van der Waals surface area contributed by atoms with Crippen LogP contribution in [0.5, 0.6) is 11.5 Å². The molecule has 0 aromatic heterocycles. The summed E-state index contributed by atoms with van der Waals surface area (Å²) in [5, 5.41) is 3.08. The summed E-state index contributed by atoms with van der Waals surface area (Å²) in [6.45, 7) is 0.559. The summed E-state index contributed by atoms with van der Waals surface area (Å²) in [5.41, 5.74) is 0. The second-order valence-electron chi connectivity index (χ2n) is 5.24. The number of benzene rings is 1. The smallest absolute Gasteiger partial charge is 0.220 e. The average molecular weight is 261 g/mol. The van der Waals surface area contributed by atoms with Gasteiger partial charge in [-0.2, -0.15) is 0 Å². The van der Waals surface area contributed by atoms with Crippen molar-refractivity contribution in [2.24, 2.45) is 0 Å². The molecule has 2 atom stereocenters. The van der Waals surface area contributed by atoms with Gasteiger partial charge in [0.05, 0.1) is 0 Å². The van der Waals surface area contributed by atoms with Gasteiger partial charge in [0.25, 0.3) is 0 Å². The third kappa shape index (κ3) is 3.00. The van der Waals surface area contributed by atoms with Crippen LogP contribution >= 0.6 is 0 Å². The van der Waals surface area contributed by atoms with Gasteiger partial charge >= 0.3 is 0 Å². The largest absolute Gasteiger partial charge is 0.486 e. The lowest BCUT2D eigenvalue weighted by Crippen LogP contribution is -2.40. The Labute approximate surface area is 113 Å². The van der Waals surface area contributed by atoms with Gasteiger partial charge in [0, 0.05) is 18.9 Å². The minimum Gasteiger partial charge on any atom is -0.486 e. The molecule has 1 fully saturated rings. The van der Waals surface area contributed by atoms with Crippen LogP contribution in [0.4, 0.5) is 0 Å². The van der Waals surface area contributed by atoms with Crippen molar-refractivity contribution in [3.63, 3.8) is 0 Å². The standard InChI is InChI=1S/C15H19NO3/c17-15-8-4-1-5-11(16-15)9-12-10-18-13-6-2-3-7-14(13)19-12/h2-3,6-7,11-12H,1,4-5,8-10H2,(H,16,17). The van der Waals surface area contributed by atoms with Crippen LogP contribution in [0.25, 0.3) is 0 Å². The predicted octanol–water partition coefficient (Wildman–Crippen LogP) is 2.28. The Bertz CT molecular complexity index is 460. The van der Waals surface area contributed by atoms with E-state index in [-0.39, 0.29) is 18.1 Å². The topological polar surface area (TPSA) is 47.6 Å². The lowest BCUT2D eigenvalue weighted by Gasteiger charge is -2.29. The molecule has 4 nitrogen and oxygen atoms in total. The SMILES string of the molecule is O=C1CCCCC(CC2COc3ccccc3O2)N1. The summed E-state index contributed by atoms with van der Waals surface area (Å²) in [5.74, 6) is 1.78. The summed E-state index contributed by atoms with van der Waals surface area (Å²) in [4.78, 5) is 11.6. The average Bonchev–Trinajstić information content (AvgIpc) is 2.63. The first kappa shape index (κ1) is 12.3. The van der Waals surface area contributed by atoms with Gasteiger partial charge in [0.1, 0.15) is 12.7 Å². The van der Waals surface area contributed by atoms with Crippen LogP contribution in [-0.4, -0.2) is 24.7 Å². The highest BCUT2D eigenvalue weighted by molar-refractivity contribution is 5.76. The zero-order valence-corrected chi connectivity index (χ0v) is 10.9. The molecule has 1 aromatic rings. The molecule has 2 aliphatic heterocycles. The third-order valence-corrected chi connectivity index (χ3v) is 3.69. The van der Waals surface area contributed by atoms with Crippen LogP contribution in [0.3, 0.4) is 0 Å². The molecule has 1 aromatic carbocycles. The molecular formula is C15H19NO3. The molecule has 3 rings (SSSR count). The summed E-state index contributed by atoms with van der Waals surface area (Å²) >= 11 is 0. The Morgan fingerprint density at radius 2 is 2.05 bits per heavy atom. The van der Waals surface area contributed by atoms with Crippen molar-refractivity contribution in [2.45, 2.75) is 44.2 Å². The lowest BCUT2D eigenvalue weighted by molar-refractivity contribution is -0.121. The van der Waals surface area contributed by atoms with Gasteiger partial charge in [-0.1, -0.05) is 18.6 Å². The molecule has 0 spiro atoms. The zero-order chi connectivity index (χ0) is 13.1. The maximum Gasteiger partial charge on any atom is 0.220 e. The Morgan fingerprint density at radius 3 is 2.95 bits per heavy atom. The first-order valence-corrected chi connectivity index (χ1v) is 6.99. The summed E-state index contributed by atoms with van der Waals surface area (Å²) in [6.07, 6.45) is 4.63. The second kappa shape index (κ2) is 5.51. The second-order valence-corrected chi connectivity index (χ2v) is 5.24. The number of hydrogen-bond donors (Lipinski definition) is 1. The number of fused-ring (bicyclic) bond motifs is 1. The number of ether oxygens (including phenoxy) is 2. The molecule has 2 heterocycles. The zero-order valence-electron chi connectivity index (χ0n) is 10.9. The molecule has 2 unspecified atom stereocenters. The monoisotopic (exact) mass is 261 g/mol. The van der Waals surface area contributed by atoms with Crippen molar-refractivity contribution < 1.29 is 14.3 Å². The van der Waals surface area contributed by atoms with E-state index in [9.17, 15) is 4.79 Å². The summed E-state index contributed by atoms with van der Waals surface area (Å²) < 4.78 is 11.6. The number of rotatable bonds is 2. The molecule has 0 radical (unpaired) electrons.